The molecule has 0 saturated heterocycles. The van der Waals surface area contributed by atoms with Crippen LogP contribution < -0.4 is 0 Å². The number of benzene rings is 1. The van der Waals surface area contributed by atoms with Gasteiger partial charge in [0.25, 0.3) is 0 Å². The van der Waals surface area contributed by atoms with Crippen LogP contribution >= 0.6 is 38.9 Å². The number of hydrogen-bond acceptors (Lipinski definition) is 1. The second-order valence-electron chi connectivity index (χ2n) is 4.13. The fourth-order valence-corrected chi connectivity index (χ4v) is 4.05. The van der Waals surface area contributed by atoms with Gasteiger partial charge in [-0.3, -0.25) is 0 Å². The number of hydrogen-bond donors (Lipinski definition) is 0. The summed E-state index contributed by atoms with van der Waals surface area (Å²) in [5.41, 5.74) is -0.871. The van der Waals surface area contributed by atoms with E-state index < -0.39 is 22.9 Å². The van der Waals surface area contributed by atoms with E-state index in [0.29, 0.717) is 11.6 Å². The van der Waals surface area contributed by atoms with Crippen LogP contribution in [0.3, 0.4) is 0 Å². The van der Waals surface area contributed by atoms with Gasteiger partial charge in [0.2, 0.25) is 0 Å². The second-order valence-corrected chi connectivity index (χ2v) is 7.20. The topological polar surface area (TPSA) is 0 Å². The summed E-state index contributed by atoms with van der Waals surface area (Å²) in [5, 5.41) is -0.958. The minimum atomic E-state index is -4.74. The Morgan fingerprint density at radius 3 is 2.40 bits per heavy atom. The van der Waals surface area contributed by atoms with Crippen molar-refractivity contribution in [2.75, 3.05) is 0 Å². The van der Waals surface area contributed by atoms with Crippen molar-refractivity contribution in [3.63, 3.8) is 0 Å². The molecular weight excluding hydrogens is 380 g/mol. The zero-order valence-corrected chi connectivity index (χ0v) is 13.2. The van der Waals surface area contributed by atoms with Gasteiger partial charge in [-0.2, -0.15) is 13.2 Å². The molecule has 0 aliphatic carbocycles. The SMILES string of the molecule is Cc1sc(Br)cc1C(Cl)c1cccc(C(F)(F)F)c1F. The maximum atomic E-state index is 14.0. The monoisotopic (exact) mass is 386 g/mol. The minimum Gasteiger partial charge on any atom is -0.206 e. The van der Waals surface area contributed by atoms with Gasteiger partial charge in [-0.25, -0.2) is 4.39 Å². The maximum Gasteiger partial charge on any atom is 0.419 e. The van der Waals surface area contributed by atoms with Crippen LogP contribution in [0.5, 0.6) is 0 Å². The van der Waals surface area contributed by atoms with Gasteiger partial charge in [0.15, 0.2) is 0 Å². The Bertz CT molecular complexity index is 636. The van der Waals surface area contributed by atoms with E-state index >= 15 is 0 Å². The lowest BCUT2D eigenvalue weighted by atomic mass is 10.0. The molecule has 0 spiro atoms. The molecule has 7 heteroatoms. The number of alkyl halides is 4. The zero-order chi connectivity index (χ0) is 15.1. The molecule has 0 nitrogen and oxygen atoms in total. The largest absolute Gasteiger partial charge is 0.419 e. The average molecular weight is 388 g/mol. The first-order valence-electron chi connectivity index (χ1n) is 5.47. The van der Waals surface area contributed by atoms with Crippen molar-refractivity contribution in [3.05, 3.63) is 55.4 Å². The van der Waals surface area contributed by atoms with E-state index in [1.165, 1.54) is 17.4 Å². The molecule has 108 valence electrons. The molecule has 0 N–H and O–H groups in total. The van der Waals surface area contributed by atoms with E-state index in [9.17, 15) is 17.6 Å². The molecule has 1 aromatic heterocycles. The Kier molecular flexibility index (Phi) is 4.47. The molecule has 1 heterocycles. The number of aryl methyl sites for hydroxylation is 1. The molecule has 2 rings (SSSR count). The molecule has 0 bridgehead atoms. The van der Waals surface area contributed by atoms with Crippen molar-refractivity contribution in [2.45, 2.75) is 18.5 Å². The Morgan fingerprint density at radius 1 is 1.25 bits per heavy atom. The highest BCUT2D eigenvalue weighted by Crippen LogP contribution is 2.40. The van der Waals surface area contributed by atoms with E-state index in [1.807, 2.05) is 0 Å². The van der Waals surface area contributed by atoms with Crippen LogP contribution in [0.1, 0.15) is 26.9 Å². The summed E-state index contributed by atoms with van der Waals surface area (Å²) in [4.78, 5) is 0.827. The normalized spacial score (nSPS) is 13.6. The van der Waals surface area contributed by atoms with Crippen molar-refractivity contribution >= 4 is 38.9 Å². The average Bonchev–Trinajstić information content (AvgIpc) is 2.66. The first-order chi connectivity index (χ1) is 9.21. The molecule has 1 atom stereocenters. The molecule has 2 aromatic rings. The number of rotatable bonds is 2. The van der Waals surface area contributed by atoms with Gasteiger partial charge in [-0.1, -0.05) is 12.1 Å². The fourth-order valence-electron chi connectivity index (χ4n) is 1.84. The van der Waals surface area contributed by atoms with Crippen molar-refractivity contribution < 1.29 is 17.6 Å². The summed E-state index contributed by atoms with van der Waals surface area (Å²) in [6, 6.07) is 4.83. The van der Waals surface area contributed by atoms with Crippen LogP contribution in [0.25, 0.3) is 0 Å². The second kappa shape index (κ2) is 5.66. The molecule has 0 amide bonds. The van der Waals surface area contributed by atoms with E-state index in [4.69, 9.17) is 11.6 Å². The summed E-state index contributed by atoms with van der Waals surface area (Å²) < 4.78 is 52.9. The van der Waals surface area contributed by atoms with Gasteiger partial charge in [-0.15, -0.1) is 22.9 Å². The summed E-state index contributed by atoms with van der Waals surface area (Å²) >= 11 is 10.8. The van der Waals surface area contributed by atoms with Crippen molar-refractivity contribution in [2.24, 2.45) is 0 Å². The fraction of sp³-hybridized carbons (Fsp3) is 0.231. The minimum absolute atomic E-state index is 0.171. The molecule has 0 aliphatic rings. The highest BCUT2D eigenvalue weighted by atomic mass is 79.9. The van der Waals surface area contributed by atoms with Crippen LogP contribution in [0.4, 0.5) is 17.6 Å². The maximum absolute atomic E-state index is 14.0. The summed E-state index contributed by atoms with van der Waals surface area (Å²) in [6.07, 6.45) is -4.74. The van der Waals surface area contributed by atoms with Crippen LogP contribution in [-0.4, -0.2) is 0 Å². The molecule has 1 aromatic carbocycles. The highest BCUT2D eigenvalue weighted by Gasteiger charge is 2.36. The van der Waals surface area contributed by atoms with E-state index in [-0.39, 0.29) is 5.56 Å². The van der Waals surface area contributed by atoms with E-state index in [0.717, 1.165) is 14.7 Å². The summed E-state index contributed by atoms with van der Waals surface area (Å²) in [6.45, 7) is 1.78. The van der Waals surface area contributed by atoms with Crippen molar-refractivity contribution in [1.82, 2.24) is 0 Å². The summed E-state index contributed by atoms with van der Waals surface area (Å²) in [5.74, 6) is -1.32. The predicted octanol–water partition coefficient (Wildman–Crippen LogP) is 6.31. The predicted molar refractivity (Wildman–Crippen MR) is 75.9 cm³/mol. The van der Waals surface area contributed by atoms with Gasteiger partial charge in [0.1, 0.15) is 5.82 Å². The first-order valence-corrected chi connectivity index (χ1v) is 7.52. The third-order valence-corrected chi connectivity index (χ3v) is 4.85. The quantitative estimate of drug-likeness (QED) is 0.419. The third kappa shape index (κ3) is 3.02. The van der Waals surface area contributed by atoms with Crippen LogP contribution in [0.2, 0.25) is 0 Å². The van der Waals surface area contributed by atoms with Crippen LogP contribution in [0.15, 0.2) is 28.1 Å². The molecular formula is C13H8BrClF4S. The standard InChI is InChI=1S/C13H8BrClF4S/c1-6-8(5-10(14)20-6)11(15)7-3-2-4-9(12(7)16)13(17,18)19/h2-5,11H,1H3. The van der Waals surface area contributed by atoms with Crippen molar-refractivity contribution in [1.29, 1.82) is 0 Å². The Hall–Kier alpha value is -0.590. The van der Waals surface area contributed by atoms with Gasteiger partial charge >= 0.3 is 6.18 Å². The van der Waals surface area contributed by atoms with Crippen LogP contribution in [-0.2, 0) is 6.18 Å². The van der Waals surface area contributed by atoms with Gasteiger partial charge < -0.3 is 0 Å². The Balaban J connectivity index is 2.51. The number of thiophene rings is 1. The molecule has 0 fully saturated rings. The van der Waals surface area contributed by atoms with Gasteiger partial charge in [-0.05, 0) is 40.5 Å². The lowest BCUT2D eigenvalue weighted by Gasteiger charge is -2.15. The Morgan fingerprint density at radius 2 is 1.90 bits per heavy atom. The van der Waals surface area contributed by atoms with E-state index in [2.05, 4.69) is 15.9 Å². The molecule has 0 saturated carbocycles. The third-order valence-electron chi connectivity index (χ3n) is 2.81. The Labute approximate surface area is 130 Å². The molecule has 20 heavy (non-hydrogen) atoms. The highest BCUT2D eigenvalue weighted by molar-refractivity contribution is 9.11. The lowest BCUT2D eigenvalue weighted by molar-refractivity contribution is -0.140. The van der Waals surface area contributed by atoms with Crippen LogP contribution in [0, 0.1) is 12.7 Å². The molecule has 0 radical (unpaired) electrons. The molecule has 0 aliphatic heterocycles. The molecule has 1 unspecified atom stereocenters. The van der Waals surface area contributed by atoms with E-state index in [1.54, 1.807) is 13.0 Å². The summed E-state index contributed by atoms with van der Waals surface area (Å²) in [7, 11) is 0. The van der Waals surface area contributed by atoms with Crippen molar-refractivity contribution in [3.8, 4) is 0 Å². The lowest BCUT2D eigenvalue weighted by Crippen LogP contribution is -2.10. The van der Waals surface area contributed by atoms with Gasteiger partial charge in [0.05, 0.1) is 14.7 Å². The smallest absolute Gasteiger partial charge is 0.206 e. The first kappa shape index (κ1) is 15.8. The zero-order valence-electron chi connectivity index (χ0n) is 10.1. The number of halogens is 6. The van der Waals surface area contributed by atoms with Gasteiger partial charge in [0, 0.05) is 10.4 Å².